The van der Waals surface area contributed by atoms with Crippen molar-refractivity contribution in [3.63, 3.8) is 0 Å². The van der Waals surface area contributed by atoms with E-state index in [-0.39, 0.29) is 6.42 Å². The lowest BCUT2D eigenvalue weighted by Gasteiger charge is -2.16. The van der Waals surface area contributed by atoms with Gasteiger partial charge in [0, 0.05) is 16.5 Å². The van der Waals surface area contributed by atoms with Crippen LogP contribution >= 0.6 is 15.9 Å². The Hall–Kier alpha value is -1.23. The number of fused-ring (bicyclic) bond motifs is 1. The second-order valence-corrected chi connectivity index (χ2v) is 4.97. The SMILES string of the molecule is CCc1c(CC(=O)O)c(Br)cc2c1OCCCO2. The van der Waals surface area contributed by atoms with E-state index in [2.05, 4.69) is 15.9 Å². The van der Waals surface area contributed by atoms with Gasteiger partial charge in [-0.2, -0.15) is 0 Å². The first kappa shape index (κ1) is 13.2. The molecule has 1 heterocycles. The van der Waals surface area contributed by atoms with E-state index in [9.17, 15) is 4.79 Å². The normalized spacial score (nSPS) is 14.1. The van der Waals surface area contributed by atoms with Crippen LogP contribution in [0.2, 0.25) is 0 Å². The largest absolute Gasteiger partial charge is 0.490 e. The summed E-state index contributed by atoms with van der Waals surface area (Å²) in [5.41, 5.74) is 1.69. The van der Waals surface area contributed by atoms with Crippen molar-refractivity contribution in [3.05, 3.63) is 21.7 Å². The molecule has 0 atom stereocenters. The van der Waals surface area contributed by atoms with Gasteiger partial charge in [-0.15, -0.1) is 0 Å². The van der Waals surface area contributed by atoms with Gasteiger partial charge in [0.15, 0.2) is 11.5 Å². The third-order valence-electron chi connectivity index (χ3n) is 2.88. The van der Waals surface area contributed by atoms with Gasteiger partial charge in [-0.1, -0.05) is 22.9 Å². The Morgan fingerprint density at radius 1 is 1.39 bits per heavy atom. The number of rotatable bonds is 3. The first-order valence-corrected chi connectivity index (χ1v) is 6.74. The van der Waals surface area contributed by atoms with E-state index in [0.29, 0.717) is 31.1 Å². The van der Waals surface area contributed by atoms with Gasteiger partial charge in [0.1, 0.15) is 0 Å². The average molecular weight is 315 g/mol. The minimum atomic E-state index is -0.847. The quantitative estimate of drug-likeness (QED) is 0.932. The van der Waals surface area contributed by atoms with Crippen LogP contribution in [0.25, 0.3) is 0 Å². The highest BCUT2D eigenvalue weighted by molar-refractivity contribution is 9.10. The number of benzene rings is 1. The van der Waals surface area contributed by atoms with Gasteiger partial charge < -0.3 is 14.6 Å². The minimum Gasteiger partial charge on any atom is -0.490 e. The monoisotopic (exact) mass is 314 g/mol. The fourth-order valence-corrected chi connectivity index (χ4v) is 2.68. The van der Waals surface area contributed by atoms with E-state index in [1.807, 2.05) is 6.92 Å². The molecular weight excluding hydrogens is 300 g/mol. The van der Waals surface area contributed by atoms with Crippen LogP contribution in [0, 0.1) is 0 Å². The van der Waals surface area contributed by atoms with Crippen LogP contribution in [0.4, 0.5) is 0 Å². The predicted octanol–water partition coefficient (Wildman–Crippen LogP) is 2.80. The number of hydrogen-bond acceptors (Lipinski definition) is 3. The molecule has 1 aromatic rings. The lowest BCUT2D eigenvalue weighted by atomic mass is 10.0. The second kappa shape index (κ2) is 5.61. The maximum atomic E-state index is 10.9. The average Bonchev–Trinajstić information content (AvgIpc) is 2.54. The van der Waals surface area contributed by atoms with E-state index in [0.717, 1.165) is 22.0 Å². The zero-order valence-corrected chi connectivity index (χ0v) is 11.7. The number of aliphatic carboxylic acids is 1. The molecule has 0 radical (unpaired) electrons. The molecule has 1 aliphatic heterocycles. The van der Waals surface area contributed by atoms with Crippen molar-refractivity contribution >= 4 is 21.9 Å². The number of halogens is 1. The Morgan fingerprint density at radius 3 is 2.78 bits per heavy atom. The maximum Gasteiger partial charge on any atom is 0.307 e. The molecule has 98 valence electrons. The van der Waals surface area contributed by atoms with Gasteiger partial charge in [-0.3, -0.25) is 4.79 Å². The van der Waals surface area contributed by atoms with E-state index < -0.39 is 5.97 Å². The molecule has 0 amide bonds. The summed E-state index contributed by atoms with van der Waals surface area (Å²) in [5, 5.41) is 8.98. The Labute approximate surface area is 114 Å². The molecule has 1 aliphatic rings. The zero-order chi connectivity index (χ0) is 13.1. The molecule has 1 aromatic carbocycles. The zero-order valence-electron chi connectivity index (χ0n) is 10.2. The molecular formula is C13H15BrO4. The van der Waals surface area contributed by atoms with Gasteiger partial charge in [-0.05, 0) is 18.1 Å². The molecule has 0 aliphatic carbocycles. The molecule has 1 N–H and O–H groups in total. The molecule has 0 aromatic heterocycles. The lowest BCUT2D eigenvalue weighted by molar-refractivity contribution is -0.136. The summed E-state index contributed by atoms with van der Waals surface area (Å²) in [4.78, 5) is 10.9. The molecule has 18 heavy (non-hydrogen) atoms. The van der Waals surface area contributed by atoms with E-state index in [1.165, 1.54) is 0 Å². The first-order valence-electron chi connectivity index (χ1n) is 5.95. The number of ether oxygens (including phenoxy) is 2. The summed E-state index contributed by atoms with van der Waals surface area (Å²) < 4.78 is 12.1. The van der Waals surface area contributed by atoms with E-state index >= 15 is 0 Å². The molecule has 0 saturated heterocycles. The summed E-state index contributed by atoms with van der Waals surface area (Å²) >= 11 is 3.42. The Balaban J connectivity index is 2.53. The highest BCUT2D eigenvalue weighted by Gasteiger charge is 2.21. The molecule has 0 unspecified atom stereocenters. The summed E-state index contributed by atoms with van der Waals surface area (Å²) in [6, 6.07) is 1.80. The summed E-state index contributed by atoms with van der Waals surface area (Å²) in [6.45, 7) is 3.22. The first-order chi connectivity index (χ1) is 8.63. The van der Waals surface area contributed by atoms with E-state index in [1.54, 1.807) is 6.07 Å². The van der Waals surface area contributed by atoms with Crippen molar-refractivity contribution in [2.75, 3.05) is 13.2 Å². The molecule has 0 spiro atoms. The Bertz CT molecular complexity index is 471. The van der Waals surface area contributed by atoms with Crippen LogP contribution in [-0.2, 0) is 17.6 Å². The fourth-order valence-electron chi connectivity index (χ4n) is 2.09. The summed E-state index contributed by atoms with van der Waals surface area (Å²) in [5.74, 6) is 0.555. The van der Waals surface area contributed by atoms with Crippen molar-refractivity contribution in [2.45, 2.75) is 26.2 Å². The highest BCUT2D eigenvalue weighted by Crippen LogP contribution is 2.40. The van der Waals surface area contributed by atoms with Crippen molar-refractivity contribution in [1.82, 2.24) is 0 Å². The standard InChI is InChI=1S/C13H15BrO4/c1-2-8-9(6-12(15)16)10(14)7-11-13(8)18-5-3-4-17-11/h7H,2-6H2,1H3,(H,15,16). The number of carboxylic acids is 1. The smallest absolute Gasteiger partial charge is 0.307 e. The van der Waals surface area contributed by atoms with Gasteiger partial charge in [-0.25, -0.2) is 0 Å². The topological polar surface area (TPSA) is 55.8 Å². The molecule has 0 fully saturated rings. The third-order valence-corrected chi connectivity index (χ3v) is 3.59. The minimum absolute atomic E-state index is 0.0135. The van der Waals surface area contributed by atoms with Gasteiger partial charge in [0.2, 0.25) is 0 Å². The molecule has 0 bridgehead atoms. The van der Waals surface area contributed by atoms with Crippen molar-refractivity contribution in [3.8, 4) is 11.5 Å². The predicted molar refractivity (Wildman–Crippen MR) is 70.5 cm³/mol. The molecule has 4 nitrogen and oxygen atoms in total. The van der Waals surface area contributed by atoms with Crippen molar-refractivity contribution in [1.29, 1.82) is 0 Å². The summed E-state index contributed by atoms with van der Waals surface area (Å²) in [6.07, 6.45) is 1.54. The van der Waals surface area contributed by atoms with Crippen molar-refractivity contribution < 1.29 is 19.4 Å². The molecule has 2 rings (SSSR count). The fraction of sp³-hybridized carbons (Fsp3) is 0.462. The van der Waals surface area contributed by atoms with Crippen LogP contribution in [0.5, 0.6) is 11.5 Å². The van der Waals surface area contributed by atoms with Crippen molar-refractivity contribution in [2.24, 2.45) is 0 Å². The van der Waals surface area contributed by atoms with Crippen LogP contribution in [0.1, 0.15) is 24.5 Å². The highest BCUT2D eigenvalue weighted by atomic mass is 79.9. The number of carboxylic acid groups (broad SMARTS) is 1. The third kappa shape index (κ3) is 2.61. The maximum absolute atomic E-state index is 10.9. The number of carbonyl (C=O) groups is 1. The van der Waals surface area contributed by atoms with Gasteiger partial charge in [0.05, 0.1) is 19.6 Å². The Morgan fingerprint density at radius 2 is 2.11 bits per heavy atom. The summed E-state index contributed by atoms with van der Waals surface area (Å²) in [7, 11) is 0. The van der Waals surface area contributed by atoms with Crippen LogP contribution in [-0.4, -0.2) is 24.3 Å². The van der Waals surface area contributed by atoms with Gasteiger partial charge in [0.25, 0.3) is 0 Å². The molecule has 5 heteroatoms. The molecule has 0 saturated carbocycles. The Kier molecular flexibility index (Phi) is 4.11. The van der Waals surface area contributed by atoms with Gasteiger partial charge >= 0.3 is 5.97 Å². The van der Waals surface area contributed by atoms with Crippen LogP contribution in [0.3, 0.4) is 0 Å². The number of hydrogen-bond donors (Lipinski definition) is 1. The van der Waals surface area contributed by atoms with Crippen LogP contribution < -0.4 is 9.47 Å². The lowest BCUT2D eigenvalue weighted by Crippen LogP contribution is -2.07. The second-order valence-electron chi connectivity index (χ2n) is 4.12. The van der Waals surface area contributed by atoms with E-state index in [4.69, 9.17) is 14.6 Å². The van der Waals surface area contributed by atoms with Crippen LogP contribution in [0.15, 0.2) is 10.5 Å².